The molecule has 0 amide bonds. The number of nitrogens with zero attached hydrogens (tertiary/aromatic N) is 2. The highest BCUT2D eigenvalue weighted by Crippen LogP contribution is 2.28. The van der Waals surface area contributed by atoms with Crippen molar-refractivity contribution in [2.45, 2.75) is 26.9 Å². The summed E-state index contributed by atoms with van der Waals surface area (Å²) in [7, 11) is 0. The lowest BCUT2D eigenvalue weighted by Crippen LogP contribution is -2.25. The first kappa shape index (κ1) is 15.0. The monoisotopic (exact) mass is 318 g/mol. The van der Waals surface area contributed by atoms with Crippen molar-refractivity contribution in [1.82, 2.24) is 9.88 Å². The van der Waals surface area contributed by atoms with Gasteiger partial charge in [0.25, 0.3) is 0 Å². The smallest absolute Gasteiger partial charge is 0.336 e. The maximum atomic E-state index is 11.4. The summed E-state index contributed by atoms with van der Waals surface area (Å²) in [6.07, 6.45) is 0. The Morgan fingerprint density at radius 3 is 2.95 bits per heavy atom. The molecule has 6 heteroatoms. The third kappa shape index (κ3) is 2.98. The van der Waals surface area contributed by atoms with E-state index in [1.54, 1.807) is 23.5 Å². The molecule has 0 atom stereocenters. The number of benzene rings is 1. The summed E-state index contributed by atoms with van der Waals surface area (Å²) in [5.41, 5.74) is 2.13. The van der Waals surface area contributed by atoms with Crippen LogP contribution in [0.25, 0.3) is 0 Å². The normalized spacial score (nSPS) is 15.0. The van der Waals surface area contributed by atoms with Gasteiger partial charge in [-0.15, -0.1) is 11.3 Å². The van der Waals surface area contributed by atoms with E-state index in [1.807, 2.05) is 13.0 Å². The number of thiazole rings is 1. The Morgan fingerprint density at radius 1 is 1.45 bits per heavy atom. The van der Waals surface area contributed by atoms with Crippen LogP contribution in [0.3, 0.4) is 0 Å². The predicted molar refractivity (Wildman–Crippen MR) is 84.6 cm³/mol. The first-order chi connectivity index (χ1) is 10.5. The number of hydrogen-bond donors (Lipinski definition) is 1. The van der Waals surface area contributed by atoms with Crippen LogP contribution in [0.4, 0.5) is 0 Å². The highest BCUT2D eigenvalue weighted by atomic mass is 32.1. The molecule has 22 heavy (non-hydrogen) atoms. The van der Waals surface area contributed by atoms with Gasteiger partial charge in [0.2, 0.25) is 0 Å². The second-order valence-electron chi connectivity index (χ2n) is 5.40. The second kappa shape index (κ2) is 6.06. The number of aromatic carboxylic acids is 1. The highest BCUT2D eigenvalue weighted by molar-refractivity contribution is 7.11. The molecule has 1 N–H and O–H groups in total. The minimum Gasteiger partial charge on any atom is -0.492 e. The summed E-state index contributed by atoms with van der Waals surface area (Å²) in [5, 5.41) is 10.4. The van der Waals surface area contributed by atoms with E-state index in [9.17, 15) is 9.90 Å². The third-order valence-electron chi connectivity index (χ3n) is 3.84. The number of carbonyl (C=O) groups is 1. The van der Waals surface area contributed by atoms with Gasteiger partial charge in [-0.2, -0.15) is 0 Å². The van der Waals surface area contributed by atoms with Crippen LogP contribution in [-0.2, 0) is 13.1 Å². The van der Waals surface area contributed by atoms with Crippen molar-refractivity contribution in [1.29, 1.82) is 0 Å². The van der Waals surface area contributed by atoms with Crippen molar-refractivity contribution < 1.29 is 14.6 Å². The van der Waals surface area contributed by atoms with Gasteiger partial charge in [0.15, 0.2) is 0 Å². The van der Waals surface area contributed by atoms with Gasteiger partial charge in [0, 0.05) is 23.5 Å². The van der Waals surface area contributed by atoms with Crippen LogP contribution >= 0.6 is 11.3 Å². The number of aryl methyl sites for hydroxylation is 2. The van der Waals surface area contributed by atoms with Gasteiger partial charge in [0.05, 0.1) is 17.8 Å². The summed E-state index contributed by atoms with van der Waals surface area (Å²) < 4.78 is 5.71. The Balaban J connectivity index is 1.86. The SMILES string of the molecule is Cc1nc(CN2CCOc3cccc(C(=O)O)c3C2)sc1C. The Hall–Kier alpha value is -1.92. The minimum absolute atomic E-state index is 0.316. The van der Waals surface area contributed by atoms with E-state index in [-0.39, 0.29) is 0 Å². The maximum absolute atomic E-state index is 11.4. The van der Waals surface area contributed by atoms with Crippen LogP contribution in [0.5, 0.6) is 5.75 Å². The van der Waals surface area contributed by atoms with Gasteiger partial charge in [-0.25, -0.2) is 9.78 Å². The molecule has 1 aliphatic heterocycles. The molecular formula is C16H18N2O3S. The highest BCUT2D eigenvalue weighted by Gasteiger charge is 2.22. The molecule has 5 nitrogen and oxygen atoms in total. The number of ether oxygens (including phenoxy) is 1. The molecule has 1 aromatic carbocycles. The minimum atomic E-state index is -0.914. The lowest BCUT2D eigenvalue weighted by atomic mass is 10.1. The second-order valence-corrected chi connectivity index (χ2v) is 6.68. The van der Waals surface area contributed by atoms with Gasteiger partial charge < -0.3 is 9.84 Å². The molecule has 0 radical (unpaired) electrons. The van der Waals surface area contributed by atoms with Crippen LogP contribution in [-0.4, -0.2) is 34.1 Å². The van der Waals surface area contributed by atoms with Crippen LogP contribution in [0.15, 0.2) is 18.2 Å². The Bertz CT molecular complexity index is 692. The standard InChI is InChI=1S/C16H18N2O3S/c1-10-11(2)22-15(17-10)9-18-6-7-21-14-5-3-4-12(16(19)20)13(14)8-18/h3-5H,6-9H2,1-2H3,(H,19,20). The van der Waals surface area contributed by atoms with Crippen molar-refractivity contribution in [3.63, 3.8) is 0 Å². The summed E-state index contributed by atoms with van der Waals surface area (Å²) in [6.45, 7) is 6.68. The maximum Gasteiger partial charge on any atom is 0.336 e. The average molecular weight is 318 g/mol. The van der Waals surface area contributed by atoms with Gasteiger partial charge in [-0.3, -0.25) is 4.90 Å². The van der Waals surface area contributed by atoms with Crippen LogP contribution in [0, 0.1) is 13.8 Å². The van der Waals surface area contributed by atoms with Crippen LogP contribution in [0.2, 0.25) is 0 Å². The summed E-state index contributed by atoms with van der Waals surface area (Å²) in [4.78, 5) is 19.4. The number of carboxylic acids is 1. The van der Waals surface area contributed by atoms with Gasteiger partial charge >= 0.3 is 5.97 Å². The van der Waals surface area contributed by atoms with Gasteiger partial charge in [-0.1, -0.05) is 6.07 Å². The van der Waals surface area contributed by atoms with E-state index in [1.165, 1.54) is 4.88 Å². The molecule has 0 saturated heterocycles. The molecule has 2 heterocycles. The molecule has 0 spiro atoms. The zero-order valence-electron chi connectivity index (χ0n) is 12.6. The van der Waals surface area contributed by atoms with Crippen molar-refractivity contribution in [3.05, 3.63) is 44.9 Å². The molecule has 0 aliphatic carbocycles. The molecule has 116 valence electrons. The van der Waals surface area contributed by atoms with Crippen molar-refractivity contribution in [2.24, 2.45) is 0 Å². The number of hydrogen-bond acceptors (Lipinski definition) is 5. The van der Waals surface area contributed by atoms with Gasteiger partial charge in [-0.05, 0) is 26.0 Å². The average Bonchev–Trinajstić information content (AvgIpc) is 2.68. The Labute approximate surface area is 133 Å². The summed E-state index contributed by atoms with van der Waals surface area (Å²) >= 11 is 1.70. The van der Waals surface area contributed by atoms with E-state index in [4.69, 9.17) is 4.74 Å². The van der Waals surface area contributed by atoms with E-state index in [2.05, 4.69) is 16.8 Å². The molecule has 0 fully saturated rings. The number of carboxylic acid groups (broad SMARTS) is 1. The fourth-order valence-corrected chi connectivity index (χ4v) is 3.56. The summed E-state index contributed by atoms with van der Waals surface area (Å²) in [5.74, 6) is -0.239. The molecule has 1 aliphatic rings. The lowest BCUT2D eigenvalue weighted by Gasteiger charge is -2.18. The quantitative estimate of drug-likeness (QED) is 0.943. The molecule has 3 rings (SSSR count). The topological polar surface area (TPSA) is 62.7 Å². The number of fused-ring (bicyclic) bond motifs is 1. The Kier molecular flexibility index (Phi) is 4.13. The molecular weight excluding hydrogens is 300 g/mol. The molecule has 0 bridgehead atoms. The van der Waals surface area contributed by atoms with Crippen LogP contribution < -0.4 is 4.74 Å². The molecule has 0 unspecified atom stereocenters. The largest absolute Gasteiger partial charge is 0.492 e. The fourth-order valence-electron chi connectivity index (χ4n) is 2.58. The van der Waals surface area contributed by atoms with E-state index in [0.717, 1.165) is 29.4 Å². The Morgan fingerprint density at radius 2 is 2.27 bits per heavy atom. The first-order valence-electron chi connectivity index (χ1n) is 7.18. The number of aromatic nitrogens is 1. The van der Waals surface area contributed by atoms with Gasteiger partial charge in [0.1, 0.15) is 17.4 Å². The molecule has 0 saturated carbocycles. The predicted octanol–water partition coefficient (Wildman–Crippen LogP) is 2.85. The molecule has 2 aromatic rings. The van der Waals surface area contributed by atoms with Crippen molar-refractivity contribution in [3.8, 4) is 5.75 Å². The first-order valence-corrected chi connectivity index (χ1v) is 7.99. The van der Waals surface area contributed by atoms with E-state index < -0.39 is 5.97 Å². The van der Waals surface area contributed by atoms with E-state index >= 15 is 0 Å². The van der Waals surface area contributed by atoms with Crippen molar-refractivity contribution in [2.75, 3.05) is 13.2 Å². The van der Waals surface area contributed by atoms with Crippen LogP contribution in [0.1, 0.15) is 31.5 Å². The third-order valence-corrected chi connectivity index (χ3v) is 4.90. The fraction of sp³-hybridized carbons (Fsp3) is 0.375. The zero-order valence-corrected chi connectivity index (χ0v) is 13.4. The number of rotatable bonds is 3. The lowest BCUT2D eigenvalue weighted by molar-refractivity contribution is 0.0694. The van der Waals surface area contributed by atoms with Crippen molar-refractivity contribution >= 4 is 17.3 Å². The summed E-state index contributed by atoms with van der Waals surface area (Å²) in [6, 6.07) is 5.19. The van der Waals surface area contributed by atoms with E-state index in [0.29, 0.717) is 24.5 Å². The molecule has 1 aromatic heterocycles. The zero-order chi connectivity index (χ0) is 15.7.